The minimum Gasteiger partial charge on any atom is -0.268 e. The fourth-order valence-electron chi connectivity index (χ4n) is 2.91. The SMILES string of the molecule is O=c1c2ccccc2nc(-c2ccc([N+](=O)[O-])cc2)n1-c1cccc(I)c1. The number of non-ortho nitro benzene ring substituents is 1. The molecule has 3 aromatic carbocycles. The van der Waals surface area contributed by atoms with Gasteiger partial charge >= 0.3 is 0 Å². The van der Waals surface area contributed by atoms with Crippen LogP contribution in [0.4, 0.5) is 5.69 Å². The molecule has 0 atom stereocenters. The Bertz CT molecular complexity index is 1230. The fourth-order valence-corrected chi connectivity index (χ4v) is 3.44. The molecule has 27 heavy (non-hydrogen) atoms. The number of aromatic nitrogens is 2. The molecule has 0 aliphatic heterocycles. The third-order valence-electron chi connectivity index (χ3n) is 4.18. The summed E-state index contributed by atoms with van der Waals surface area (Å²) in [6.45, 7) is 0. The van der Waals surface area contributed by atoms with Crippen molar-refractivity contribution in [3.05, 3.63) is 96.8 Å². The molecule has 1 aromatic heterocycles. The summed E-state index contributed by atoms with van der Waals surface area (Å²) in [5.74, 6) is 0.440. The molecule has 4 rings (SSSR count). The summed E-state index contributed by atoms with van der Waals surface area (Å²) in [6.07, 6.45) is 0. The highest BCUT2D eigenvalue weighted by molar-refractivity contribution is 14.1. The highest BCUT2D eigenvalue weighted by Gasteiger charge is 2.15. The van der Waals surface area contributed by atoms with E-state index in [9.17, 15) is 14.9 Å². The summed E-state index contributed by atoms with van der Waals surface area (Å²) in [5, 5.41) is 11.5. The van der Waals surface area contributed by atoms with Gasteiger partial charge in [-0.05, 0) is 65.1 Å². The predicted molar refractivity (Wildman–Crippen MR) is 112 cm³/mol. The first kappa shape index (κ1) is 17.3. The summed E-state index contributed by atoms with van der Waals surface area (Å²) in [6, 6.07) is 20.7. The Hall–Kier alpha value is -3.07. The van der Waals surface area contributed by atoms with E-state index in [1.165, 1.54) is 12.1 Å². The van der Waals surface area contributed by atoms with Crippen molar-refractivity contribution in [2.75, 3.05) is 0 Å². The number of para-hydroxylation sites is 1. The van der Waals surface area contributed by atoms with Crippen molar-refractivity contribution >= 4 is 39.2 Å². The van der Waals surface area contributed by atoms with E-state index in [1.54, 1.807) is 34.9 Å². The van der Waals surface area contributed by atoms with Crippen LogP contribution in [0.3, 0.4) is 0 Å². The lowest BCUT2D eigenvalue weighted by atomic mass is 10.1. The van der Waals surface area contributed by atoms with Gasteiger partial charge in [0.25, 0.3) is 11.2 Å². The number of fused-ring (bicyclic) bond motifs is 1. The van der Waals surface area contributed by atoms with E-state index in [2.05, 4.69) is 27.6 Å². The number of nitro benzene ring substituents is 1. The lowest BCUT2D eigenvalue weighted by molar-refractivity contribution is -0.384. The van der Waals surface area contributed by atoms with Crippen LogP contribution in [0.25, 0.3) is 28.0 Å². The Morgan fingerprint density at radius 3 is 2.41 bits per heavy atom. The molecule has 0 fully saturated rings. The predicted octanol–water partition coefficient (Wildman–Crippen LogP) is 4.57. The van der Waals surface area contributed by atoms with Crippen molar-refractivity contribution in [2.45, 2.75) is 0 Å². The van der Waals surface area contributed by atoms with Crippen LogP contribution in [0.5, 0.6) is 0 Å². The van der Waals surface area contributed by atoms with Crippen molar-refractivity contribution < 1.29 is 4.92 Å². The number of nitrogens with zero attached hydrogens (tertiary/aromatic N) is 3. The molecule has 4 aromatic rings. The van der Waals surface area contributed by atoms with Gasteiger partial charge in [-0.2, -0.15) is 0 Å². The fraction of sp³-hybridized carbons (Fsp3) is 0. The van der Waals surface area contributed by atoms with Gasteiger partial charge in [0.2, 0.25) is 0 Å². The summed E-state index contributed by atoms with van der Waals surface area (Å²) >= 11 is 2.19. The largest absolute Gasteiger partial charge is 0.269 e. The molecular weight excluding hydrogens is 457 g/mol. The van der Waals surface area contributed by atoms with E-state index in [0.717, 1.165) is 3.57 Å². The van der Waals surface area contributed by atoms with Crippen LogP contribution in [0.2, 0.25) is 0 Å². The zero-order valence-corrected chi connectivity index (χ0v) is 16.0. The van der Waals surface area contributed by atoms with Gasteiger partial charge in [-0.25, -0.2) is 4.98 Å². The number of nitro groups is 1. The molecule has 0 aliphatic rings. The summed E-state index contributed by atoms with van der Waals surface area (Å²) < 4.78 is 2.53. The van der Waals surface area contributed by atoms with Crippen LogP contribution in [-0.4, -0.2) is 14.5 Å². The first-order valence-electron chi connectivity index (χ1n) is 8.07. The molecule has 0 aliphatic carbocycles. The number of hydrogen-bond donors (Lipinski definition) is 0. The molecule has 0 saturated carbocycles. The lowest BCUT2D eigenvalue weighted by Crippen LogP contribution is -2.22. The number of rotatable bonds is 3. The quantitative estimate of drug-likeness (QED) is 0.250. The first-order valence-corrected chi connectivity index (χ1v) is 9.15. The summed E-state index contributed by atoms with van der Waals surface area (Å²) in [5.41, 5.74) is 1.71. The molecule has 0 saturated heterocycles. The standard InChI is InChI=1S/C20H12IN3O3/c21-14-4-3-5-16(12-14)23-19(13-8-10-15(11-9-13)24(26)27)22-18-7-2-1-6-17(18)20(23)25/h1-12H. The Balaban J connectivity index is 2.05. The molecule has 0 spiro atoms. The van der Waals surface area contributed by atoms with Crippen molar-refractivity contribution in [1.29, 1.82) is 0 Å². The second kappa shape index (κ2) is 6.92. The molecule has 0 radical (unpaired) electrons. The summed E-state index contributed by atoms with van der Waals surface area (Å²) in [7, 11) is 0. The highest BCUT2D eigenvalue weighted by Crippen LogP contribution is 2.25. The van der Waals surface area contributed by atoms with Gasteiger partial charge in [0.05, 0.1) is 21.5 Å². The van der Waals surface area contributed by atoms with Gasteiger partial charge in [-0.1, -0.05) is 18.2 Å². The van der Waals surface area contributed by atoms with E-state index in [1.807, 2.05) is 30.3 Å². The van der Waals surface area contributed by atoms with E-state index >= 15 is 0 Å². The number of halogens is 1. The van der Waals surface area contributed by atoms with Crippen LogP contribution in [-0.2, 0) is 0 Å². The highest BCUT2D eigenvalue weighted by atomic mass is 127. The third-order valence-corrected chi connectivity index (χ3v) is 4.85. The smallest absolute Gasteiger partial charge is 0.268 e. The molecule has 7 heteroatoms. The molecular formula is C20H12IN3O3. The zero-order chi connectivity index (χ0) is 19.0. The van der Waals surface area contributed by atoms with Crippen molar-refractivity contribution in [3.8, 4) is 17.1 Å². The normalized spacial score (nSPS) is 10.9. The monoisotopic (exact) mass is 469 g/mol. The van der Waals surface area contributed by atoms with E-state index in [0.29, 0.717) is 28.0 Å². The van der Waals surface area contributed by atoms with Gasteiger partial charge in [-0.3, -0.25) is 19.5 Å². The van der Waals surface area contributed by atoms with Gasteiger partial charge < -0.3 is 0 Å². The maximum atomic E-state index is 13.2. The van der Waals surface area contributed by atoms with Crippen molar-refractivity contribution in [2.24, 2.45) is 0 Å². The molecule has 0 N–H and O–H groups in total. The van der Waals surface area contributed by atoms with Crippen molar-refractivity contribution in [3.63, 3.8) is 0 Å². The Morgan fingerprint density at radius 2 is 1.70 bits per heavy atom. The topological polar surface area (TPSA) is 78.0 Å². The molecule has 0 unspecified atom stereocenters. The molecule has 0 amide bonds. The van der Waals surface area contributed by atoms with Gasteiger partial charge in [0.1, 0.15) is 5.82 Å². The minimum absolute atomic E-state index is 0.0114. The molecule has 6 nitrogen and oxygen atoms in total. The average molecular weight is 469 g/mol. The lowest BCUT2D eigenvalue weighted by Gasteiger charge is -2.14. The van der Waals surface area contributed by atoms with E-state index < -0.39 is 4.92 Å². The van der Waals surface area contributed by atoms with Crippen LogP contribution in [0.1, 0.15) is 0 Å². The van der Waals surface area contributed by atoms with Crippen molar-refractivity contribution in [1.82, 2.24) is 9.55 Å². The Labute approximate surface area is 167 Å². The Kier molecular flexibility index (Phi) is 4.44. The average Bonchev–Trinajstić information content (AvgIpc) is 2.68. The number of hydrogen-bond acceptors (Lipinski definition) is 4. The minimum atomic E-state index is -0.454. The molecule has 0 bridgehead atoms. The molecule has 1 heterocycles. The number of benzene rings is 3. The third kappa shape index (κ3) is 3.21. The van der Waals surface area contributed by atoms with Crippen LogP contribution >= 0.6 is 22.6 Å². The van der Waals surface area contributed by atoms with Crippen LogP contribution in [0, 0.1) is 13.7 Å². The van der Waals surface area contributed by atoms with Gasteiger partial charge in [0, 0.05) is 21.3 Å². The van der Waals surface area contributed by atoms with Gasteiger partial charge in [-0.15, -0.1) is 0 Å². The van der Waals surface area contributed by atoms with Crippen LogP contribution < -0.4 is 5.56 Å². The molecule has 132 valence electrons. The summed E-state index contributed by atoms with van der Waals surface area (Å²) in [4.78, 5) is 28.4. The van der Waals surface area contributed by atoms with Gasteiger partial charge in [0.15, 0.2) is 0 Å². The second-order valence-corrected chi connectivity index (χ2v) is 7.12. The maximum Gasteiger partial charge on any atom is 0.269 e. The second-order valence-electron chi connectivity index (χ2n) is 5.88. The van der Waals surface area contributed by atoms with E-state index in [-0.39, 0.29) is 11.2 Å². The Morgan fingerprint density at radius 1 is 0.963 bits per heavy atom. The zero-order valence-electron chi connectivity index (χ0n) is 13.9. The van der Waals surface area contributed by atoms with Crippen LogP contribution in [0.15, 0.2) is 77.6 Å². The first-order chi connectivity index (χ1) is 13.0. The van der Waals surface area contributed by atoms with E-state index in [4.69, 9.17) is 0 Å². The maximum absolute atomic E-state index is 13.2.